The standard InChI is InChI=1S/C7H5ClF2N2O2/c8-2-5-6(12(13)14)1-4(3-11-5)7(9)10/h1,3,7H,2H2. The first-order valence-corrected chi connectivity index (χ1v) is 4.07. The molecule has 0 aliphatic heterocycles. The molecule has 7 heteroatoms. The number of alkyl halides is 3. The van der Waals surface area contributed by atoms with Crippen LogP contribution < -0.4 is 0 Å². The molecular weight excluding hydrogens is 218 g/mol. The molecule has 76 valence electrons. The number of nitro groups is 1. The number of halogens is 3. The zero-order valence-electron chi connectivity index (χ0n) is 6.78. The number of hydrogen-bond donors (Lipinski definition) is 0. The summed E-state index contributed by atoms with van der Waals surface area (Å²) in [5.41, 5.74) is -0.968. The summed E-state index contributed by atoms with van der Waals surface area (Å²) in [6, 6.07) is 0.787. The van der Waals surface area contributed by atoms with Gasteiger partial charge >= 0.3 is 0 Å². The number of hydrogen-bond acceptors (Lipinski definition) is 3. The average molecular weight is 223 g/mol. The molecule has 1 rings (SSSR count). The predicted molar refractivity (Wildman–Crippen MR) is 45.4 cm³/mol. The van der Waals surface area contributed by atoms with Crippen LogP contribution >= 0.6 is 11.6 Å². The van der Waals surface area contributed by atoms with Gasteiger partial charge in [0, 0.05) is 17.8 Å². The van der Waals surface area contributed by atoms with Crippen LogP contribution in [0.2, 0.25) is 0 Å². The van der Waals surface area contributed by atoms with Gasteiger partial charge in [-0.15, -0.1) is 11.6 Å². The normalized spacial score (nSPS) is 10.6. The fourth-order valence-corrected chi connectivity index (χ4v) is 1.08. The third-order valence-electron chi connectivity index (χ3n) is 1.54. The zero-order chi connectivity index (χ0) is 10.7. The SMILES string of the molecule is O=[N+]([O-])c1cc(C(F)F)cnc1CCl. The average Bonchev–Trinajstić information content (AvgIpc) is 2.16. The molecular formula is C7H5ClF2N2O2. The Morgan fingerprint density at radius 2 is 2.29 bits per heavy atom. The van der Waals surface area contributed by atoms with Gasteiger partial charge in [0.25, 0.3) is 12.1 Å². The Morgan fingerprint density at radius 3 is 2.71 bits per heavy atom. The number of nitrogens with zero attached hydrogens (tertiary/aromatic N) is 2. The Labute approximate surface area is 82.7 Å². The predicted octanol–water partition coefficient (Wildman–Crippen LogP) is 2.67. The van der Waals surface area contributed by atoms with Crippen molar-refractivity contribution in [3.05, 3.63) is 33.6 Å². The Kier molecular flexibility index (Phi) is 3.29. The Balaban J connectivity index is 3.21. The van der Waals surface area contributed by atoms with E-state index in [2.05, 4.69) is 4.98 Å². The van der Waals surface area contributed by atoms with Crippen LogP contribution in [0.3, 0.4) is 0 Å². The first-order chi connectivity index (χ1) is 6.56. The van der Waals surface area contributed by atoms with Crippen molar-refractivity contribution in [2.75, 3.05) is 0 Å². The van der Waals surface area contributed by atoms with E-state index in [4.69, 9.17) is 11.6 Å². The quantitative estimate of drug-likeness (QED) is 0.449. The van der Waals surface area contributed by atoms with Gasteiger partial charge in [0.1, 0.15) is 5.69 Å². The van der Waals surface area contributed by atoms with Crippen molar-refractivity contribution in [1.29, 1.82) is 0 Å². The van der Waals surface area contributed by atoms with Gasteiger partial charge in [-0.05, 0) is 0 Å². The van der Waals surface area contributed by atoms with Crippen LogP contribution in [0.15, 0.2) is 12.3 Å². The number of aromatic nitrogens is 1. The smallest absolute Gasteiger partial charge is 0.258 e. The van der Waals surface area contributed by atoms with E-state index < -0.39 is 22.6 Å². The first-order valence-electron chi connectivity index (χ1n) is 3.53. The maximum Gasteiger partial charge on any atom is 0.292 e. The molecule has 0 N–H and O–H groups in total. The molecule has 0 saturated heterocycles. The first kappa shape index (κ1) is 10.8. The van der Waals surface area contributed by atoms with Gasteiger partial charge in [0.2, 0.25) is 0 Å². The zero-order valence-corrected chi connectivity index (χ0v) is 7.54. The van der Waals surface area contributed by atoms with Crippen LogP contribution in [-0.4, -0.2) is 9.91 Å². The molecule has 0 aliphatic carbocycles. The van der Waals surface area contributed by atoms with E-state index in [0.717, 1.165) is 12.3 Å². The maximum absolute atomic E-state index is 12.2. The lowest BCUT2D eigenvalue weighted by Crippen LogP contribution is -1.99. The molecule has 4 nitrogen and oxygen atoms in total. The van der Waals surface area contributed by atoms with Crippen molar-refractivity contribution in [3.8, 4) is 0 Å². The van der Waals surface area contributed by atoms with E-state index in [0.29, 0.717) is 0 Å². The number of pyridine rings is 1. The van der Waals surface area contributed by atoms with Crippen LogP contribution in [0, 0.1) is 10.1 Å². The summed E-state index contributed by atoms with van der Waals surface area (Å²) in [5.74, 6) is -0.181. The molecule has 0 radical (unpaired) electrons. The van der Waals surface area contributed by atoms with Crippen LogP contribution in [0.1, 0.15) is 17.7 Å². The minimum Gasteiger partial charge on any atom is -0.258 e. The maximum atomic E-state index is 12.2. The summed E-state index contributed by atoms with van der Waals surface area (Å²) < 4.78 is 24.3. The second kappa shape index (κ2) is 4.28. The minimum atomic E-state index is -2.77. The van der Waals surface area contributed by atoms with E-state index in [-0.39, 0.29) is 11.6 Å². The highest BCUT2D eigenvalue weighted by Crippen LogP contribution is 2.25. The second-order valence-electron chi connectivity index (χ2n) is 2.43. The van der Waals surface area contributed by atoms with Crippen molar-refractivity contribution in [1.82, 2.24) is 4.98 Å². The second-order valence-corrected chi connectivity index (χ2v) is 2.69. The van der Waals surface area contributed by atoms with E-state index in [1.807, 2.05) is 0 Å². The lowest BCUT2D eigenvalue weighted by atomic mass is 10.2. The van der Waals surface area contributed by atoms with Crippen LogP contribution in [0.25, 0.3) is 0 Å². The van der Waals surface area contributed by atoms with E-state index in [1.165, 1.54) is 0 Å². The van der Waals surface area contributed by atoms with Gasteiger partial charge in [0.15, 0.2) is 0 Å². The van der Waals surface area contributed by atoms with Gasteiger partial charge in [-0.2, -0.15) is 0 Å². The van der Waals surface area contributed by atoms with Crippen molar-refractivity contribution >= 4 is 17.3 Å². The van der Waals surface area contributed by atoms with Crippen molar-refractivity contribution in [3.63, 3.8) is 0 Å². The van der Waals surface area contributed by atoms with Crippen molar-refractivity contribution in [2.24, 2.45) is 0 Å². The summed E-state index contributed by atoms with van der Waals surface area (Å²) in [6.07, 6.45) is -1.89. The van der Waals surface area contributed by atoms with Gasteiger partial charge in [0.05, 0.1) is 10.8 Å². The van der Waals surface area contributed by atoms with Gasteiger partial charge in [-0.25, -0.2) is 8.78 Å². The molecule has 1 aromatic rings. The highest BCUT2D eigenvalue weighted by molar-refractivity contribution is 6.17. The molecule has 0 aromatic carbocycles. The number of rotatable bonds is 3. The monoisotopic (exact) mass is 222 g/mol. The fourth-order valence-electron chi connectivity index (χ4n) is 0.877. The molecule has 1 heterocycles. The topological polar surface area (TPSA) is 56.0 Å². The van der Waals surface area contributed by atoms with Gasteiger partial charge < -0.3 is 0 Å². The molecule has 1 aromatic heterocycles. The lowest BCUT2D eigenvalue weighted by Gasteiger charge is -2.01. The van der Waals surface area contributed by atoms with Gasteiger partial charge in [-0.1, -0.05) is 0 Å². The van der Waals surface area contributed by atoms with Crippen LogP contribution in [0.5, 0.6) is 0 Å². The summed E-state index contributed by atoms with van der Waals surface area (Å²) in [4.78, 5) is 13.1. The van der Waals surface area contributed by atoms with Crippen LogP contribution in [0.4, 0.5) is 14.5 Å². The molecule has 0 amide bonds. The van der Waals surface area contributed by atoms with Crippen molar-refractivity contribution in [2.45, 2.75) is 12.3 Å². The largest absolute Gasteiger partial charge is 0.292 e. The molecule has 0 fully saturated rings. The Morgan fingerprint density at radius 1 is 1.64 bits per heavy atom. The Hall–Kier alpha value is -1.30. The highest BCUT2D eigenvalue weighted by Gasteiger charge is 2.18. The molecule has 14 heavy (non-hydrogen) atoms. The summed E-state index contributed by atoms with van der Waals surface area (Å²) in [6.45, 7) is 0. The highest BCUT2D eigenvalue weighted by atomic mass is 35.5. The van der Waals surface area contributed by atoms with Crippen LogP contribution in [-0.2, 0) is 5.88 Å². The summed E-state index contributed by atoms with van der Waals surface area (Å²) >= 11 is 5.35. The molecule has 0 spiro atoms. The lowest BCUT2D eigenvalue weighted by molar-refractivity contribution is -0.385. The minimum absolute atomic E-state index is 0.0129. The third-order valence-corrected chi connectivity index (χ3v) is 1.80. The third kappa shape index (κ3) is 2.14. The van der Waals surface area contributed by atoms with E-state index in [1.54, 1.807) is 0 Å². The van der Waals surface area contributed by atoms with Gasteiger partial charge in [-0.3, -0.25) is 15.1 Å². The van der Waals surface area contributed by atoms with E-state index in [9.17, 15) is 18.9 Å². The molecule has 0 bridgehead atoms. The Bertz CT molecular complexity index is 360. The summed E-state index contributed by atoms with van der Waals surface area (Å²) in [5, 5.41) is 10.4. The molecule has 0 unspecified atom stereocenters. The molecule has 0 saturated carbocycles. The molecule has 0 atom stereocenters. The summed E-state index contributed by atoms with van der Waals surface area (Å²) in [7, 11) is 0. The molecule has 0 aliphatic rings. The van der Waals surface area contributed by atoms with Crippen molar-refractivity contribution < 1.29 is 13.7 Å². The van der Waals surface area contributed by atoms with E-state index >= 15 is 0 Å². The fraction of sp³-hybridized carbons (Fsp3) is 0.286.